The molecule has 0 unspecified atom stereocenters. The molecule has 1 aromatic heterocycles. The summed E-state index contributed by atoms with van der Waals surface area (Å²) in [4.78, 5) is 17.8. The molecule has 2 aromatic rings. The van der Waals surface area contributed by atoms with Gasteiger partial charge in [0.1, 0.15) is 5.75 Å². The van der Waals surface area contributed by atoms with Crippen molar-refractivity contribution in [3.63, 3.8) is 0 Å². The molecule has 0 radical (unpaired) electrons. The zero-order chi connectivity index (χ0) is 16.8. The van der Waals surface area contributed by atoms with Gasteiger partial charge in [-0.3, -0.25) is 9.69 Å². The summed E-state index contributed by atoms with van der Waals surface area (Å²) >= 11 is 1.67. The van der Waals surface area contributed by atoms with Crippen molar-refractivity contribution in [1.29, 1.82) is 0 Å². The van der Waals surface area contributed by atoms with Crippen LogP contribution in [0.15, 0.2) is 41.8 Å². The molecule has 0 spiro atoms. The van der Waals surface area contributed by atoms with Crippen molar-refractivity contribution in [2.75, 3.05) is 44.7 Å². The largest absolute Gasteiger partial charge is 0.495 e. The number of amides is 1. The Balaban J connectivity index is 1.45. The van der Waals surface area contributed by atoms with Gasteiger partial charge in [-0.25, -0.2) is 0 Å². The Morgan fingerprint density at radius 1 is 1.17 bits per heavy atom. The summed E-state index contributed by atoms with van der Waals surface area (Å²) in [5.74, 6) is 0.994. The SMILES string of the molecule is COc1ccccc1N1CCN(CC(=O)NCc2cccs2)CC1. The molecule has 5 nitrogen and oxygen atoms in total. The van der Waals surface area contributed by atoms with Crippen LogP contribution in [0, 0.1) is 0 Å². The Bertz CT molecular complexity index is 652. The fraction of sp³-hybridized carbons (Fsp3) is 0.389. The van der Waals surface area contributed by atoms with Crippen LogP contribution in [0.5, 0.6) is 5.75 Å². The molecule has 24 heavy (non-hydrogen) atoms. The molecule has 1 aliphatic rings. The molecular formula is C18H23N3O2S. The molecule has 128 valence electrons. The number of hydrogen-bond donors (Lipinski definition) is 1. The van der Waals surface area contributed by atoms with Crippen LogP contribution in [0.1, 0.15) is 4.88 Å². The molecule has 1 N–H and O–H groups in total. The first kappa shape index (κ1) is 16.8. The van der Waals surface area contributed by atoms with E-state index >= 15 is 0 Å². The van der Waals surface area contributed by atoms with Crippen molar-refractivity contribution in [2.24, 2.45) is 0 Å². The average molecular weight is 345 g/mol. The molecule has 0 aliphatic carbocycles. The molecule has 1 saturated heterocycles. The van der Waals surface area contributed by atoms with Gasteiger partial charge < -0.3 is 15.0 Å². The van der Waals surface area contributed by atoms with Crippen LogP contribution in [0.4, 0.5) is 5.69 Å². The number of nitrogens with zero attached hydrogens (tertiary/aromatic N) is 2. The zero-order valence-corrected chi connectivity index (χ0v) is 14.7. The summed E-state index contributed by atoms with van der Waals surface area (Å²) in [6.45, 7) is 4.65. The summed E-state index contributed by atoms with van der Waals surface area (Å²) in [5.41, 5.74) is 1.13. The summed E-state index contributed by atoms with van der Waals surface area (Å²) in [6.07, 6.45) is 0. The zero-order valence-electron chi connectivity index (χ0n) is 13.9. The minimum atomic E-state index is 0.0918. The van der Waals surface area contributed by atoms with Gasteiger partial charge in [-0.2, -0.15) is 0 Å². The third-order valence-electron chi connectivity index (χ3n) is 4.21. The third-order valence-corrected chi connectivity index (χ3v) is 5.08. The number of para-hydroxylation sites is 2. The Morgan fingerprint density at radius 3 is 2.67 bits per heavy atom. The van der Waals surface area contributed by atoms with Crippen molar-refractivity contribution in [3.8, 4) is 5.75 Å². The van der Waals surface area contributed by atoms with E-state index in [0.717, 1.165) is 37.6 Å². The maximum Gasteiger partial charge on any atom is 0.234 e. The van der Waals surface area contributed by atoms with Crippen molar-refractivity contribution >= 4 is 22.9 Å². The van der Waals surface area contributed by atoms with E-state index in [0.29, 0.717) is 13.1 Å². The number of carbonyl (C=O) groups is 1. The summed E-state index contributed by atoms with van der Waals surface area (Å²) < 4.78 is 5.44. The minimum Gasteiger partial charge on any atom is -0.495 e. The molecule has 1 aromatic carbocycles. The van der Waals surface area contributed by atoms with Gasteiger partial charge in [-0.1, -0.05) is 18.2 Å². The van der Waals surface area contributed by atoms with E-state index in [-0.39, 0.29) is 5.91 Å². The molecule has 0 bridgehead atoms. The highest BCUT2D eigenvalue weighted by molar-refractivity contribution is 7.09. The molecule has 0 atom stereocenters. The standard InChI is InChI=1S/C18H23N3O2S/c1-23-17-7-3-2-6-16(17)21-10-8-20(9-11-21)14-18(22)19-13-15-5-4-12-24-15/h2-7,12H,8-11,13-14H2,1H3,(H,19,22). The van der Waals surface area contributed by atoms with Crippen molar-refractivity contribution in [3.05, 3.63) is 46.7 Å². The van der Waals surface area contributed by atoms with Gasteiger partial charge >= 0.3 is 0 Å². The molecule has 1 amide bonds. The Morgan fingerprint density at radius 2 is 1.96 bits per heavy atom. The highest BCUT2D eigenvalue weighted by Gasteiger charge is 2.20. The average Bonchev–Trinajstić information content (AvgIpc) is 3.14. The lowest BCUT2D eigenvalue weighted by Gasteiger charge is -2.36. The van der Waals surface area contributed by atoms with Crippen LogP contribution in [0.25, 0.3) is 0 Å². The van der Waals surface area contributed by atoms with Gasteiger partial charge in [0.05, 0.1) is 25.9 Å². The smallest absolute Gasteiger partial charge is 0.234 e. The van der Waals surface area contributed by atoms with E-state index in [1.54, 1.807) is 18.4 Å². The normalized spacial score (nSPS) is 15.3. The Kier molecular flexibility index (Phi) is 5.72. The third kappa shape index (κ3) is 4.27. The van der Waals surface area contributed by atoms with Gasteiger partial charge in [0, 0.05) is 31.1 Å². The summed E-state index contributed by atoms with van der Waals surface area (Å²) in [7, 11) is 1.70. The fourth-order valence-electron chi connectivity index (χ4n) is 2.90. The van der Waals surface area contributed by atoms with E-state index in [1.807, 2.05) is 35.7 Å². The number of thiophene rings is 1. The predicted octanol–water partition coefficient (Wildman–Crippen LogP) is 2.20. The van der Waals surface area contributed by atoms with E-state index in [1.165, 1.54) is 4.88 Å². The van der Waals surface area contributed by atoms with Gasteiger partial charge in [-0.05, 0) is 23.6 Å². The van der Waals surface area contributed by atoms with Gasteiger partial charge in [-0.15, -0.1) is 11.3 Å². The quantitative estimate of drug-likeness (QED) is 0.872. The second-order valence-corrected chi connectivity index (χ2v) is 6.82. The molecular weight excluding hydrogens is 322 g/mol. The van der Waals surface area contributed by atoms with Crippen LogP contribution >= 0.6 is 11.3 Å². The molecule has 2 heterocycles. The van der Waals surface area contributed by atoms with E-state index in [2.05, 4.69) is 21.2 Å². The lowest BCUT2D eigenvalue weighted by Crippen LogP contribution is -2.49. The van der Waals surface area contributed by atoms with Crippen LogP contribution < -0.4 is 15.0 Å². The number of carbonyl (C=O) groups excluding carboxylic acids is 1. The van der Waals surface area contributed by atoms with Crippen LogP contribution in [0.2, 0.25) is 0 Å². The Hall–Kier alpha value is -2.05. The first-order valence-corrected chi connectivity index (χ1v) is 9.03. The number of ether oxygens (including phenoxy) is 1. The number of anilines is 1. The molecule has 6 heteroatoms. The molecule has 3 rings (SSSR count). The van der Waals surface area contributed by atoms with E-state index < -0.39 is 0 Å². The second kappa shape index (κ2) is 8.17. The fourth-order valence-corrected chi connectivity index (χ4v) is 3.54. The topological polar surface area (TPSA) is 44.8 Å². The number of nitrogens with one attached hydrogen (secondary N) is 1. The first-order chi connectivity index (χ1) is 11.8. The van der Waals surface area contributed by atoms with Crippen molar-refractivity contribution < 1.29 is 9.53 Å². The predicted molar refractivity (Wildman–Crippen MR) is 97.8 cm³/mol. The molecule has 1 aliphatic heterocycles. The lowest BCUT2D eigenvalue weighted by molar-refractivity contribution is -0.122. The number of piperazine rings is 1. The summed E-state index contributed by atoms with van der Waals surface area (Å²) in [6, 6.07) is 12.1. The van der Waals surface area contributed by atoms with Gasteiger partial charge in [0.2, 0.25) is 5.91 Å². The van der Waals surface area contributed by atoms with Gasteiger partial charge in [0.25, 0.3) is 0 Å². The van der Waals surface area contributed by atoms with Crippen LogP contribution in [0.3, 0.4) is 0 Å². The number of rotatable bonds is 6. The maximum atomic E-state index is 12.1. The van der Waals surface area contributed by atoms with Crippen molar-refractivity contribution in [1.82, 2.24) is 10.2 Å². The number of benzene rings is 1. The molecule has 0 saturated carbocycles. The van der Waals surface area contributed by atoms with E-state index in [9.17, 15) is 4.79 Å². The van der Waals surface area contributed by atoms with E-state index in [4.69, 9.17) is 4.74 Å². The molecule has 1 fully saturated rings. The second-order valence-electron chi connectivity index (χ2n) is 5.79. The van der Waals surface area contributed by atoms with Crippen molar-refractivity contribution in [2.45, 2.75) is 6.54 Å². The lowest BCUT2D eigenvalue weighted by atomic mass is 10.2. The number of methoxy groups -OCH3 is 1. The van der Waals surface area contributed by atoms with Crippen LogP contribution in [-0.2, 0) is 11.3 Å². The monoisotopic (exact) mass is 345 g/mol. The minimum absolute atomic E-state index is 0.0918. The first-order valence-electron chi connectivity index (χ1n) is 8.15. The highest BCUT2D eigenvalue weighted by Crippen LogP contribution is 2.28. The highest BCUT2D eigenvalue weighted by atomic mass is 32.1. The maximum absolute atomic E-state index is 12.1. The number of hydrogen-bond acceptors (Lipinski definition) is 5. The Labute approximate surface area is 146 Å². The van der Waals surface area contributed by atoms with Crippen LogP contribution in [-0.4, -0.2) is 50.6 Å². The van der Waals surface area contributed by atoms with Gasteiger partial charge in [0.15, 0.2) is 0 Å². The summed E-state index contributed by atoms with van der Waals surface area (Å²) in [5, 5.41) is 5.02.